The molecule has 3 aromatic carbocycles. The predicted octanol–water partition coefficient (Wildman–Crippen LogP) is 7.55. The number of amides is 5. The second-order valence-corrected chi connectivity index (χ2v) is 16.8. The minimum atomic E-state index is -1.43. The number of nitrogens with zero attached hydrogens (tertiary/aromatic N) is 4. The van der Waals surface area contributed by atoms with E-state index in [-0.39, 0.29) is 31.0 Å². The molecule has 2 aromatic heterocycles. The van der Waals surface area contributed by atoms with Gasteiger partial charge in [-0.25, -0.2) is 9.69 Å². The molecule has 1 saturated carbocycles. The normalized spacial score (nSPS) is 25.4. The van der Waals surface area contributed by atoms with Gasteiger partial charge < -0.3 is 14.6 Å². The first-order valence-corrected chi connectivity index (χ1v) is 19.8. The highest BCUT2D eigenvalue weighted by Gasteiger charge is 2.68. The molecule has 6 atom stereocenters. The van der Waals surface area contributed by atoms with Crippen LogP contribution in [0.2, 0.25) is 5.02 Å². The van der Waals surface area contributed by atoms with Crippen molar-refractivity contribution in [2.45, 2.75) is 39.2 Å². The molecule has 12 nitrogen and oxygen atoms in total. The fraction of sp³-hybridized carbons (Fsp3) is 0.302. The van der Waals surface area contributed by atoms with Crippen LogP contribution in [0.25, 0.3) is 20.7 Å². The van der Waals surface area contributed by atoms with Gasteiger partial charge in [0.05, 0.1) is 35.2 Å². The summed E-state index contributed by atoms with van der Waals surface area (Å²) in [7, 11) is 2.78. The lowest BCUT2D eigenvalue weighted by molar-refractivity contribution is -0.138. The maximum absolute atomic E-state index is 15.2. The van der Waals surface area contributed by atoms with Gasteiger partial charge in [-0.15, -0.1) is 11.3 Å². The molecule has 5 aromatic rings. The number of ether oxygens (including phenoxy) is 2. The number of thiophene rings is 1. The Morgan fingerprint density at radius 1 is 1.00 bits per heavy atom. The second-order valence-electron chi connectivity index (χ2n) is 15.3. The molecule has 0 radical (unpaired) electrons. The molecule has 1 N–H and O–H groups in total. The molecule has 4 aliphatic rings. The number of likely N-dealkylation sites (tertiary alicyclic amines) is 1. The number of carbonyl (C=O) groups is 5. The van der Waals surface area contributed by atoms with Crippen molar-refractivity contribution in [1.29, 1.82) is 0 Å². The maximum atomic E-state index is 15.2. The van der Waals surface area contributed by atoms with Crippen molar-refractivity contribution >= 4 is 68.6 Å². The number of benzene rings is 3. The lowest BCUT2D eigenvalue weighted by atomic mass is 9.51. The molecule has 290 valence electrons. The van der Waals surface area contributed by atoms with E-state index in [0.717, 1.165) is 33.2 Å². The third-order valence-electron chi connectivity index (χ3n) is 12.4. The molecule has 5 amide bonds. The number of allylic oxidation sites excluding steroid dienone is 2. The molecule has 3 fully saturated rings. The van der Waals surface area contributed by atoms with E-state index < -0.39 is 64.7 Å². The summed E-state index contributed by atoms with van der Waals surface area (Å²) in [6.45, 7) is 3.98. The minimum absolute atomic E-state index is 0.0645. The number of hydrogen-bond donors (Lipinski definition) is 1. The summed E-state index contributed by atoms with van der Waals surface area (Å²) in [5.74, 6) is -6.16. The van der Waals surface area contributed by atoms with Crippen LogP contribution in [-0.2, 0) is 37.6 Å². The van der Waals surface area contributed by atoms with Crippen LogP contribution in [0.3, 0.4) is 0 Å². The maximum Gasteiger partial charge on any atom is 0.423 e. The summed E-state index contributed by atoms with van der Waals surface area (Å²) in [4.78, 5) is 72.8. The summed E-state index contributed by atoms with van der Waals surface area (Å²) in [5.41, 5.74) is 2.09. The van der Waals surface area contributed by atoms with Gasteiger partial charge in [0.2, 0.25) is 23.6 Å². The Bertz CT molecular complexity index is 2600. The number of aromatic hydroxyl groups is 1. The number of halogens is 1. The Morgan fingerprint density at radius 2 is 1.77 bits per heavy atom. The number of methoxy groups -OCH3 is 1. The van der Waals surface area contributed by atoms with Crippen LogP contribution < -0.4 is 9.64 Å². The van der Waals surface area contributed by atoms with Crippen LogP contribution in [0.15, 0.2) is 84.4 Å². The molecule has 4 heterocycles. The number of rotatable bonds is 6. The van der Waals surface area contributed by atoms with E-state index in [1.54, 1.807) is 32.2 Å². The Labute approximate surface area is 336 Å². The average Bonchev–Trinajstić information content (AvgIpc) is 3.87. The molecule has 9 rings (SSSR count). The van der Waals surface area contributed by atoms with Crippen LogP contribution in [-0.4, -0.2) is 56.6 Å². The van der Waals surface area contributed by atoms with Gasteiger partial charge in [0.15, 0.2) is 0 Å². The van der Waals surface area contributed by atoms with Crippen molar-refractivity contribution in [3.8, 4) is 22.1 Å². The van der Waals surface area contributed by atoms with E-state index in [0.29, 0.717) is 32.5 Å². The average molecular weight is 805 g/mol. The Hall–Kier alpha value is -5.79. The third-order valence-corrected chi connectivity index (χ3v) is 13.9. The van der Waals surface area contributed by atoms with Crippen molar-refractivity contribution in [3.05, 3.63) is 106 Å². The van der Waals surface area contributed by atoms with E-state index >= 15 is 4.79 Å². The highest BCUT2D eigenvalue weighted by atomic mass is 35.5. The number of fused-ring (bicyclic) bond motifs is 5. The van der Waals surface area contributed by atoms with E-state index in [4.69, 9.17) is 26.2 Å². The first-order chi connectivity index (χ1) is 27.3. The number of anilines is 1. The van der Waals surface area contributed by atoms with Gasteiger partial charge in [-0.2, -0.15) is 10.00 Å². The van der Waals surface area contributed by atoms with Crippen LogP contribution in [0.4, 0.5) is 10.6 Å². The molecule has 2 saturated heterocycles. The zero-order chi connectivity index (χ0) is 40.1. The second kappa shape index (κ2) is 13.4. The summed E-state index contributed by atoms with van der Waals surface area (Å²) in [6, 6.07) is 21.9. The third kappa shape index (κ3) is 5.46. The van der Waals surface area contributed by atoms with Crippen LogP contribution in [0.1, 0.15) is 42.4 Å². The number of aryl methyl sites for hydroxylation is 2. The van der Waals surface area contributed by atoms with E-state index in [9.17, 15) is 24.3 Å². The van der Waals surface area contributed by atoms with E-state index in [2.05, 4.69) is 0 Å². The first-order valence-electron chi connectivity index (χ1n) is 18.6. The fourth-order valence-electron chi connectivity index (χ4n) is 9.66. The molecule has 14 heteroatoms. The van der Waals surface area contributed by atoms with E-state index in [1.807, 2.05) is 61.5 Å². The highest BCUT2D eigenvalue weighted by molar-refractivity contribution is 7.22. The number of phenols is 1. The summed E-state index contributed by atoms with van der Waals surface area (Å²) in [5, 5.41) is 18.1. The molecule has 2 aliphatic heterocycles. The zero-order valence-corrected chi connectivity index (χ0v) is 33.0. The Balaban J connectivity index is 1.14. The van der Waals surface area contributed by atoms with Gasteiger partial charge >= 0.3 is 6.09 Å². The number of carbonyl (C=O) groups excluding carboxylic acids is 5. The zero-order valence-electron chi connectivity index (χ0n) is 31.4. The minimum Gasteiger partial charge on any atom is -0.508 e. The van der Waals surface area contributed by atoms with E-state index in [1.165, 1.54) is 27.0 Å². The lowest BCUT2D eigenvalue weighted by Crippen LogP contribution is -2.49. The highest BCUT2D eigenvalue weighted by Crippen LogP contribution is 2.64. The SMILES string of the molecule is COC(=O)N1C(=O)[C@H]2[C@H](CC=C3[C@H]2C[C@H]2C(=O)N(c4cc(-c5sc6ccc(Cl)cc6c5C)nn4C)C(=O)[C@@]2(C)[C@H]3c2ccc(OCc3ccccc3)cc2O)C1=O. The number of hydrogen-bond acceptors (Lipinski definition) is 10. The topological polar surface area (TPSA) is 148 Å². The Morgan fingerprint density at radius 3 is 2.51 bits per heavy atom. The summed E-state index contributed by atoms with van der Waals surface area (Å²) < 4.78 is 13.3. The molecule has 0 bridgehead atoms. The lowest BCUT2D eigenvalue weighted by Gasteiger charge is -2.49. The van der Waals surface area contributed by atoms with Crippen molar-refractivity contribution in [2.75, 3.05) is 12.0 Å². The molecular formula is C43H37ClN4O8S. The molecule has 0 spiro atoms. The van der Waals surface area contributed by atoms with Gasteiger partial charge in [0.25, 0.3) is 0 Å². The molecule has 57 heavy (non-hydrogen) atoms. The molecule has 2 aliphatic carbocycles. The number of imide groups is 4. The fourth-order valence-corrected chi connectivity index (χ4v) is 11.0. The monoisotopic (exact) mass is 804 g/mol. The van der Waals surface area contributed by atoms with Crippen LogP contribution in [0, 0.1) is 36.0 Å². The number of phenolic OH excluding ortho intramolecular Hbond substituents is 1. The smallest absolute Gasteiger partial charge is 0.423 e. The van der Waals surface area contributed by atoms with Crippen molar-refractivity contribution < 1.29 is 38.6 Å². The van der Waals surface area contributed by atoms with Crippen LogP contribution >= 0.6 is 22.9 Å². The van der Waals surface area contributed by atoms with Crippen molar-refractivity contribution in [3.63, 3.8) is 0 Å². The summed E-state index contributed by atoms with van der Waals surface area (Å²) in [6.07, 6.45) is 0.975. The van der Waals surface area contributed by atoms with Crippen molar-refractivity contribution in [2.24, 2.45) is 36.1 Å². The standard InChI is InChI=1S/C43H37ClN4O8S/c1-21-28-16-23(44)10-15-33(28)57-37(21)31-19-34(46(3)45-31)47-39(51)30-18-29-25(13-14-27-35(29)40(52)48(38(27)50)42(54)55-4)36(43(30,2)41(47)53)26-12-11-24(17-32(26)49)56-20-22-8-6-5-7-9-22/h5-13,15-17,19,27,29-30,35-36,49H,14,18,20H2,1-4H3/t27-,29+,30-,35-,36+,43+/m0/s1. The summed E-state index contributed by atoms with van der Waals surface area (Å²) >= 11 is 7.85. The number of aromatic nitrogens is 2. The molecule has 0 unspecified atom stereocenters. The Kier molecular flexibility index (Phi) is 8.67. The van der Waals surface area contributed by atoms with Gasteiger partial charge in [0, 0.05) is 40.4 Å². The van der Waals surface area contributed by atoms with Gasteiger partial charge in [-0.3, -0.25) is 23.9 Å². The molecular weight excluding hydrogens is 768 g/mol. The van der Waals surface area contributed by atoms with Crippen LogP contribution in [0.5, 0.6) is 11.5 Å². The van der Waals surface area contributed by atoms with Gasteiger partial charge in [-0.05, 0) is 73.4 Å². The first kappa shape index (κ1) is 36.8. The van der Waals surface area contributed by atoms with Gasteiger partial charge in [0.1, 0.15) is 29.6 Å². The van der Waals surface area contributed by atoms with Crippen molar-refractivity contribution in [1.82, 2.24) is 14.7 Å². The predicted molar refractivity (Wildman–Crippen MR) is 212 cm³/mol. The van der Waals surface area contributed by atoms with Gasteiger partial charge in [-0.1, -0.05) is 59.6 Å². The quantitative estimate of drug-likeness (QED) is 0.136. The largest absolute Gasteiger partial charge is 0.508 e.